The fourth-order valence-electron chi connectivity index (χ4n) is 3.52. The summed E-state index contributed by atoms with van der Waals surface area (Å²) in [5.74, 6) is 0.333. The Morgan fingerprint density at radius 1 is 0.929 bits per heavy atom. The van der Waals surface area contributed by atoms with E-state index < -0.39 is 0 Å². The second-order valence-corrected chi connectivity index (χ2v) is 7.16. The summed E-state index contributed by atoms with van der Waals surface area (Å²) in [5, 5.41) is 0. The highest BCUT2D eigenvalue weighted by Gasteiger charge is 2.31. The number of esters is 1. The number of benzene rings is 2. The van der Waals surface area contributed by atoms with Crippen LogP contribution in [0, 0.1) is 0 Å². The van der Waals surface area contributed by atoms with Crippen molar-refractivity contribution in [3.8, 4) is 5.75 Å². The number of hydrogen-bond acceptors (Lipinski definition) is 5. The first-order valence-corrected chi connectivity index (χ1v) is 9.49. The molecule has 0 aliphatic carbocycles. The van der Waals surface area contributed by atoms with Crippen LogP contribution in [0.5, 0.6) is 5.75 Å². The zero-order chi connectivity index (χ0) is 20.1. The third-order valence-corrected chi connectivity index (χ3v) is 4.93. The number of ether oxygens (including phenoxy) is 1. The molecular weight excluding hydrogens is 354 g/mol. The molecule has 1 amide bonds. The van der Waals surface area contributed by atoms with Crippen molar-refractivity contribution in [1.82, 2.24) is 9.80 Å². The van der Waals surface area contributed by atoms with Gasteiger partial charge in [-0.05, 0) is 29.8 Å². The Bertz CT molecular complexity index is 798. The van der Waals surface area contributed by atoms with Crippen LogP contribution >= 0.6 is 0 Å². The Kier molecular flexibility index (Phi) is 6.31. The van der Waals surface area contributed by atoms with Crippen molar-refractivity contribution in [2.75, 3.05) is 45.2 Å². The van der Waals surface area contributed by atoms with Gasteiger partial charge in [-0.2, -0.15) is 0 Å². The third kappa shape index (κ3) is 4.70. The van der Waals surface area contributed by atoms with Crippen molar-refractivity contribution in [3.63, 3.8) is 0 Å². The quantitative estimate of drug-likeness (QED) is 0.589. The minimum absolute atomic E-state index is 0.102. The van der Waals surface area contributed by atoms with Crippen LogP contribution in [0.15, 0.2) is 54.6 Å². The summed E-state index contributed by atoms with van der Waals surface area (Å²) in [4.78, 5) is 30.1. The molecule has 1 fully saturated rings. The van der Waals surface area contributed by atoms with Crippen LogP contribution in [0.2, 0.25) is 0 Å². The number of carbonyl (C=O) groups is 2. The van der Waals surface area contributed by atoms with E-state index in [1.54, 1.807) is 19.0 Å². The summed E-state index contributed by atoms with van der Waals surface area (Å²) in [6, 6.07) is 17.3. The monoisotopic (exact) mass is 381 g/mol. The molecule has 0 bridgehead atoms. The number of rotatable bonds is 5. The first-order valence-electron chi connectivity index (χ1n) is 9.49. The van der Waals surface area contributed by atoms with Gasteiger partial charge in [-0.3, -0.25) is 14.5 Å². The number of hydrogen-bond donors (Lipinski definition) is 0. The molecule has 1 aliphatic rings. The van der Waals surface area contributed by atoms with Gasteiger partial charge < -0.3 is 14.5 Å². The van der Waals surface area contributed by atoms with Crippen molar-refractivity contribution >= 4 is 17.6 Å². The molecule has 1 saturated heterocycles. The van der Waals surface area contributed by atoms with Gasteiger partial charge in [0.05, 0.1) is 0 Å². The van der Waals surface area contributed by atoms with Crippen molar-refractivity contribution < 1.29 is 14.3 Å². The van der Waals surface area contributed by atoms with E-state index in [9.17, 15) is 9.59 Å². The molecule has 2 aromatic carbocycles. The lowest BCUT2D eigenvalue weighted by atomic mass is 10.0. The molecule has 1 atom stereocenters. The normalized spacial score (nSPS) is 15.8. The lowest BCUT2D eigenvalue weighted by Crippen LogP contribution is -2.51. The van der Waals surface area contributed by atoms with Crippen LogP contribution in [-0.2, 0) is 9.59 Å². The van der Waals surface area contributed by atoms with E-state index >= 15 is 0 Å². The molecule has 0 spiro atoms. The summed E-state index contributed by atoms with van der Waals surface area (Å²) in [6.45, 7) is 4.65. The zero-order valence-electron chi connectivity index (χ0n) is 16.7. The SMILES string of the molecule is CC(=O)Oc1ccc(N2CCN([C@H](C(=O)N(C)C)c3ccccc3)CC2)cc1. The second kappa shape index (κ2) is 8.89. The lowest BCUT2D eigenvalue weighted by molar-refractivity contribution is -0.135. The van der Waals surface area contributed by atoms with Crippen LogP contribution in [0.25, 0.3) is 0 Å². The predicted molar refractivity (Wildman–Crippen MR) is 109 cm³/mol. The molecule has 1 aliphatic heterocycles. The van der Waals surface area contributed by atoms with Crippen molar-refractivity contribution in [1.29, 1.82) is 0 Å². The fourth-order valence-corrected chi connectivity index (χ4v) is 3.52. The number of carbonyl (C=O) groups excluding carboxylic acids is 2. The standard InChI is InChI=1S/C22H27N3O3/c1-17(26)28-20-11-9-19(10-12-20)24-13-15-25(16-14-24)21(22(27)23(2)3)18-7-5-4-6-8-18/h4-12,21H,13-16H2,1-3H3/t21-/m0/s1. The average Bonchev–Trinajstić information content (AvgIpc) is 2.69. The molecule has 0 saturated carbocycles. The predicted octanol–water partition coefficient (Wildman–Crippen LogP) is 2.56. The molecular formula is C22H27N3O3. The molecule has 6 heteroatoms. The van der Waals surface area contributed by atoms with Gasteiger partial charge in [-0.25, -0.2) is 0 Å². The summed E-state index contributed by atoms with van der Waals surface area (Å²) >= 11 is 0. The van der Waals surface area contributed by atoms with Gasteiger partial charge in [-0.1, -0.05) is 30.3 Å². The largest absolute Gasteiger partial charge is 0.427 e. The topological polar surface area (TPSA) is 53.1 Å². The molecule has 28 heavy (non-hydrogen) atoms. The Hall–Kier alpha value is -2.86. The molecule has 3 rings (SSSR count). The Labute approximate surface area is 166 Å². The Morgan fingerprint density at radius 3 is 2.07 bits per heavy atom. The summed E-state index contributed by atoms with van der Waals surface area (Å²) < 4.78 is 5.09. The number of anilines is 1. The van der Waals surface area contributed by atoms with Gasteiger partial charge in [0.15, 0.2) is 0 Å². The van der Waals surface area contributed by atoms with Crippen LogP contribution in [0.4, 0.5) is 5.69 Å². The fraction of sp³-hybridized carbons (Fsp3) is 0.364. The van der Waals surface area contributed by atoms with E-state index in [0.29, 0.717) is 5.75 Å². The van der Waals surface area contributed by atoms with E-state index in [0.717, 1.165) is 37.4 Å². The molecule has 0 radical (unpaired) electrons. The van der Waals surface area contributed by atoms with Gasteiger partial charge in [0, 0.05) is 52.9 Å². The van der Waals surface area contributed by atoms with Crippen LogP contribution < -0.4 is 9.64 Å². The lowest BCUT2D eigenvalue weighted by Gasteiger charge is -2.40. The Morgan fingerprint density at radius 2 is 1.54 bits per heavy atom. The summed E-state index contributed by atoms with van der Waals surface area (Å²) in [5.41, 5.74) is 2.12. The average molecular weight is 381 g/mol. The molecule has 2 aromatic rings. The van der Waals surface area contributed by atoms with Gasteiger partial charge in [0.1, 0.15) is 11.8 Å². The van der Waals surface area contributed by atoms with Gasteiger partial charge in [0.25, 0.3) is 0 Å². The van der Waals surface area contributed by atoms with Crippen LogP contribution in [-0.4, -0.2) is 62.0 Å². The highest BCUT2D eigenvalue weighted by molar-refractivity contribution is 5.83. The third-order valence-electron chi connectivity index (χ3n) is 4.93. The van der Waals surface area contributed by atoms with Gasteiger partial charge in [0.2, 0.25) is 5.91 Å². The van der Waals surface area contributed by atoms with Crippen molar-refractivity contribution in [2.24, 2.45) is 0 Å². The van der Waals surface area contributed by atoms with E-state index in [-0.39, 0.29) is 17.9 Å². The smallest absolute Gasteiger partial charge is 0.308 e. The number of amides is 1. The minimum Gasteiger partial charge on any atom is -0.427 e. The first kappa shape index (κ1) is 19.9. The molecule has 148 valence electrons. The van der Waals surface area contributed by atoms with E-state index in [2.05, 4.69) is 9.80 Å². The summed E-state index contributed by atoms with van der Waals surface area (Å²) in [7, 11) is 3.61. The maximum absolute atomic E-state index is 12.8. The highest BCUT2D eigenvalue weighted by atomic mass is 16.5. The van der Waals surface area contributed by atoms with Crippen LogP contribution in [0.1, 0.15) is 18.5 Å². The van der Waals surface area contributed by atoms with E-state index in [1.165, 1.54) is 6.92 Å². The van der Waals surface area contributed by atoms with Crippen molar-refractivity contribution in [2.45, 2.75) is 13.0 Å². The molecule has 6 nitrogen and oxygen atoms in total. The maximum atomic E-state index is 12.8. The van der Waals surface area contributed by atoms with Gasteiger partial charge >= 0.3 is 5.97 Å². The molecule has 0 N–H and O–H groups in total. The minimum atomic E-state index is -0.320. The number of piperazine rings is 1. The van der Waals surface area contributed by atoms with E-state index in [4.69, 9.17) is 4.74 Å². The number of nitrogens with zero attached hydrogens (tertiary/aromatic N) is 3. The first-order chi connectivity index (χ1) is 13.5. The van der Waals surface area contributed by atoms with Crippen LogP contribution in [0.3, 0.4) is 0 Å². The summed E-state index contributed by atoms with van der Waals surface area (Å²) in [6.07, 6.45) is 0. The zero-order valence-corrected chi connectivity index (χ0v) is 16.7. The van der Waals surface area contributed by atoms with E-state index in [1.807, 2.05) is 54.6 Å². The molecule has 0 unspecified atom stereocenters. The number of likely N-dealkylation sites (N-methyl/N-ethyl adjacent to an activating group) is 1. The molecule has 1 heterocycles. The second-order valence-electron chi connectivity index (χ2n) is 7.16. The Balaban J connectivity index is 1.68. The maximum Gasteiger partial charge on any atom is 0.308 e. The van der Waals surface area contributed by atoms with Crippen molar-refractivity contribution in [3.05, 3.63) is 60.2 Å². The highest BCUT2D eigenvalue weighted by Crippen LogP contribution is 2.26. The van der Waals surface area contributed by atoms with Gasteiger partial charge in [-0.15, -0.1) is 0 Å². The molecule has 0 aromatic heterocycles.